The fourth-order valence-electron chi connectivity index (χ4n) is 16.1. The molecule has 0 radical (unpaired) electrons. The maximum absolute atomic E-state index is 11.8. The predicted octanol–water partition coefficient (Wildman–Crippen LogP) is 13.7. The number of carbonyl (C=O) groups excluding carboxylic acids is 12. The lowest BCUT2D eigenvalue weighted by Gasteiger charge is -2.37. The lowest BCUT2D eigenvalue weighted by molar-refractivity contribution is -0.142. The highest BCUT2D eigenvalue weighted by molar-refractivity contribution is 5.83. The molecule has 0 aliphatic carbocycles. The number of hydrogen-bond acceptors (Lipinski definition) is 16. The van der Waals surface area contributed by atoms with Gasteiger partial charge in [-0.15, -0.1) is 0 Å². The number of piperazine rings is 7. The van der Waals surface area contributed by atoms with Crippen LogP contribution in [0.1, 0.15) is 288 Å². The molecule has 0 aromatic carbocycles. The van der Waals surface area contributed by atoms with Gasteiger partial charge in [0.1, 0.15) is 0 Å². The molecular formula is C105H207N17O12. The first-order valence-corrected chi connectivity index (χ1v) is 52.6. The van der Waals surface area contributed by atoms with Gasteiger partial charge in [0, 0.05) is 308 Å². The van der Waals surface area contributed by atoms with Crippen LogP contribution in [0.5, 0.6) is 0 Å². The third-order valence-electron chi connectivity index (χ3n) is 24.0. The summed E-state index contributed by atoms with van der Waals surface area (Å²) in [4.78, 5) is 173. The highest BCUT2D eigenvalue weighted by atomic mass is 16.2. The maximum Gasteiger partial charge on any atom is 0.317 e. The van der Waals surface area contributed by atoms with Crippen LogP contribution in [0.3, 0.4) is 0 Å². The lowest BCUT2D eigenvalue weighted by Crippen LogP contribution is -2.54. The van der Waals surface area contributed by atoms with Gasteiger partial charge in [0.05, 0.1) is 0 Å². The molecule has 29 heteroatoms. The fourth-order valence-corrected chi connectivity index (χ4v) is 16.1. The standard InChI is InChI=1S/C13H25N3O2.C13H24N2O2.C13H26N2O.C12H22N2O2.2C12H24N2O.C11H22N2O.C10H21NO.C9H19NO/c1-10(2)9-14-13(18)16-7-5-15(6-8-16)12(17)11(3)4;1-10(2)9-12(16)14-5-7-15(8-6-14)13(17)11(3)4;1-11(2)9-13(16)15-7-5-14(6-8-15)10-12(3)4;1-9(2)11(15)13-5-7-14(8-6-13)12(16)10(3)4;1-10(2)9-13-5-7-14(8-6-13)12(15)11(3)4;1-10(2)9-12(15)14-7-5-13(6-8-14)11(3)4;1-9(2)11(14)13-7-5-12(6-8-13)10(3)4;1-5-7-11(6-2)10(12)8-9(3)4;1-5-7-10(6-2)9(11)8(3)4/h10-11H,5-9H2,1-4H3,(H,14,18);10-11H,5-9H2,1-4H3;11-12H,5-10H2,1-4H3;9-10H,5-8H2,1-4H3;2*10-11H,5-9H2,1-4H3;9-10H,5-8H2,1-4H3;9H,5-8H2,1-4H3;8H,5-7H2,1-4H3. The number of nitrogens with one attached hydrogen (secondary N) is 1. The van der Waals surface area contributed by atoms with Gasteiger partial charge >= 0.3 is 6.03 Å². The molecule has 0 saturated carbocycles. The van der Waals surface area contributed by atoms with Gasteiger partial charge in [0.15, 0.2) is 0 Å². The van der Waals surface area contributed by atoms with E-state index in [9.17, 15) is 57.5 Å². The van der Waals surface area contributed by atoms with E-state index in [1.54, 1.807) is 4.90 Å². The first-order chi connectivity index (χ1) is 62.5. The van der Waals surface area contributed by atoms with Crippen LogP contribution in [0.4, 0.5) is 4.79 Å². The van der Waals surface area contributed by atoms with Crippen LogP contribution in [-0.4, -0.2) is 391 Å². The largest absolute Gasteiger partial charge is 0.343 e. The topological polar surface area (TPSA) is 269 Å². The molecule has 1 N–H and O–H groups in total. The molecular weight excluding hydrogens is 1690 g/mol. The number of rotatable bonds is 29. The molecule has 784 valence electrons. The minimum Gasteiger partial charge on any atom is -0.343 e. The summed E-state index contributed by atoms with van der Waals surface area (Å²) in [6, 6.07) is 1.19. The molecule has 0 spiro atoms. The van der Waals surface area contributed by atoms with E-state index in [0.717, 1.165) is 169 Å². The average molecular weight is 1900 g/mol. The quantitative estimate of drug-likeness (QED) is 0.0729. The highest BCUT2D eigenvalue weighted by Gasteiger charge is 2.32. The van der Waals surface area contributed by atoms with E-state index < -0.39 is 0 Å². The van der Waals surface area contributed by atoms with E-state index in [4.69, 9.17) is 0 Å². The Hall–Kier alpha value is -6.72. The summed E-state index contributed by atoms with van der Waals surface area (Å²) < 4.78 is 0. The van der Waals surface area contributed by atoms with Crippen molar-refractivity contribution < 1.29 is 57.5 Å². The van der Waals surface area contributed by atoms with E-state index in [-0.39, 0.29) is 82.9 Å². The highest BCUT2D eigenvalue weighted by Crippen LogP contribution is 2.19. The average Bonchev–Trinajstić information content (AvgIpc) is 0.868. The number of urea groups is 1. The second-order valence-electron chi connectivity index (χ2n) is 43.2. The molecule has 29 nitrogen and oxygen atoms in total. The zero-order chi connectivity index (χ0) is 103. The van der Waals surface area contributed by atoms with Crippen molar-refractivity contribution in [1.29, 1.82) is 0 Å². The van der Waals surface area contributed by atoms with E-state index in [1.165, 1.54) is 0 Å². The zero-order valence-corrected chi connectivity index (χ0v) is 92.8. The van der Waals surface area contributed by atoms with Crippen LogP contribution >= 0.6 is 0 Å². The second-order valence-corrected chi connectivity index (χ2v) is 43.2. The van der Waals surface area contributed by atoms with E-state index in [2.05, 4.69) is 163 Å². The molecule has 7 rings (SSSR count). The lowest BCUT2D eigenvalue weighted by atomic mass is 10.1. The molecule has 134 heavy (non-hydrogen) atoms. The Balaban J connectivity index is 0. The number of hydrogen-bond donors (Lipinski definition) is 1. The molecule has 0 aromatic rings. The summed E-state index contributed by atoms with van der Waals surface area (Å²) in [5.74, 6) is 7.13. The summed E-state index contributed by atoms with van der Waals surface area (Å²) in [6.07, 6.45) is 4.79. The summed E-state index contributed by atoms with van der Waals surface area (Å²) in [7, 11) is 0. The second kappa shape index (κ2) is 70.8. The van der Waals surface area contributed by atoms with Crippen molar-refractivity contribution in [3.05, 3.63) is 0 Å². The molecule has 0 atom stereocenters. The number of nitrogens with zero attached hydrogens (tertiary/aromatic N) is 16. The molecule has 7 aliphatic heterocycles. The Labute approximate surface area is 819 Å². The minimum absolute atomic E-state index is 0.0136. The van der Waals surface area contributed by atoms with Crippen molar-refractivity contribution in [1.82, 2.24) is 83.7 Å². The Kier molecular flexibility index (Phi) is 68.4. The van der Waals surface area contributed by atoms with E-state index >= 15 is 0 Å². The summed E-state index contributed by atoms with van der Waals surface area (Å²) >= 11 is 0. The van der Waals surface area contributed by atoms with Crippen LogP contribution in [0.15, 0.2) is 0 Å². The fraction of sp³-hybridized carbons (Fsp3) is 0.886. The molecule has 7 saturated heterocycles. The first-order valence-electron chi connectivity index (χ1n) is 52.6. The van der Waals surface area contributed by atoms with Gasteiger partial charge in [-0.3, -0.25) is 72.3 Å². The third kappa shape index (κ3) is 55.8. The van der Waals surface area contributed by atoms with Crippen molar-refractivity contribution >= 4 is 71.0 Å². The molecule has 0 unspecified atom stereocenters. The Morgan fingerprint density at radius 2 is 0.455 bits per heavy atom. The van der Waals surface area contributed by atoms with Crippen molar-refractivity contribution in [2.24, 2.45) is 82.9 Å². The van der Waals surface area contributed by atoms with Gasteiger partial charge in [-0.2, -0.15) is 0 Å². The van der Waals surface area contributed by atoms with Crippen molar-refractivity contribution in [2.45, 2.75) is 300 Å². The first kappa shape index (κ1) is 129. The van der Waals surface area contributed by atoms with Gasteiger partial charge in [-0.25, -0.2) is 4.79 Å². The van der Waals surface area contributed by atoms with Gasteiger partial charge in [0.2, 0.25) is 65.0 Å². The molecule has 0 aromatic heterocycles. The van der Waals surface area contributed by atoms with Crippen molar-refractivity contribution in [3.8, 4) is 0 Å². The van der Waals surface area contributed by atoms with Gasteiger partial charge in [0.25, 0.3) is 0 Å². The summed E-state index contributed by atoms with van der Waals surface area (Å²) in [5.41, 5.74) is 0. The molecule has 7 fully saturated rings. The third-order valence-corrected chi connectivity index (χ3v) is 24.0. The molecule has 7 aliphatic rings. The SMILES string of the molecule is CC(C)C(=O)N1CCN(C(=O)C(C)C)CC1.CC(C)C(=O)N1CCN(C(C)C)CC1.CC(C)CC(=O)N1CCN(C(=O)C(C)C)CC1.CC(C)CC(=O)N1CCN(C(C)C)CC1.CC(C)CC(=O)N1CCN(CC(C)C)CC1.CC(C)CN1CCN(C(=O)C(C)C)CC1.CC(C)CNC(=O)N1CCN(C(=O)C(C)C)CC1.CCCN(CC)C(=O)C(C)C.CCCN(CC)C(=O)CC(C)C. The van der Waals surface area contributed by atoms with Gasteiger partial charge < -0.3 is 64.1 Å². The number of amides is 13. The van der Waals surface area contributed by atoms with Gasteiger partial charge in [-0.05, 0) is 95.8 Å². The molecule has 13 amide bonds. The van der Waals surface area contributed by atoms with Gasteiger partial charge in [-0.1, -0.05) is 208 Å². The van der Waals surface area contributed by atoms with Crippen LogP contribution in [0.2, 0.25) is 0 Å². The Bertz CT molecular complexity index is 3210. The monoisotopic (exact) mass is 1900 g/mol. The molecule has 7 heterocycles. The smallest absolute Gasteiger partial charge is 0.317 e. The van der Waals surface area contributed by atoms with Crippen molar-refractivity contribution in [2.75, 3.05) is 229 Å². The number of carbonyl (C=O) groups is 12. The van der Waals surface area contributed by atoms with E-state index in [0.29, 0.717) is 182 Å². The molecule has 0 bridgehead atoms. The predicted molar refractivity (Wildman–Crippen MR) is 552 cm³/mol. The normalized spacial score (nSPS) is 16.6. The van der Waals surface area contributed by atoms with Crippen molar-refractivity contribution in [3.63, 3.8) is 0 Å². The minimum atomic E-state index is -0.0136. The van der Waals surface area contributed by atoms with E-state index in [1.807, 2.05) is 165 Å². The van der Waals surface area contributed by atoms with Crippen LogP contribution in [-0.2, 0) is 52.7 Å². The van der Waals surface area contributed by atoms with Crippen LogP contribution in [0.25, 0.3) is 0 Å². The van der Waals surface area contributed by atoms with Crippen LogP contribution < -0.4 is 5.32 Å². The summed E-state index contributed by atoms with van der Waals surface area (Å²) in [6.45, 7) is 104. The summed E-state index contributed by atoms with van der Waals surface area (Å²) in [5, 5.41) is 2.90. The zero-order valence-electron chi connectivity index (χ0n) is 92.8. The Morgan fingerprint density at radius 1 is 0.239 bits per heavy atom. The maximum atomic E-state index is 11.8. The van der Waals surface area contributed by atoms with Crippen LogP contribution in [0, 0.1) is 82.9 Å². The Morgan fingerprint density at radius 3 is 0.664 bits per heavy atom.